The van der Waals surface area contributed by atoms with Crippen LogP contribution in [0.15, 0.2) is 97.2 Å². The number of benzene rings is 3. The first-order valence-electron chi connectivity index (χ1n) is 13.2. The van der Waals surface area contributed by atoms with Crippen molar-refractivity contribution >= 4 is 23.4 Å². The number of ether oxygens (including phenoxy) is 3. The fourth-order valence-electron chi connectivity index (χ4n) is 4.52. The van der Waals surface area contributed by atoms with Crippen LogP contribution in [-0.2, 0) is 4.74 Å². The number of hydrogen-bond donors (Lipinski definition) is 1. The van der Waals surface area contributed by atoms with E-state index in [4.69, 9.17) is 14.2 Å². The Morgan fingerprint density at radius 3 is 2.27 bits per heavy atom. The molecule has 5 rings (SSSR count). The molecule has 0 aliphatic carbocycles. The van der Waals surface area contributed by atoms with E-state index in [0.29, 0.717) is 40.8 Å². The van der Waals surface area contributed by atoms with Crippen LogP contribution < -0.4 is 19.7 Å². The van der Waals surface area contributed by atoms with E-state index in [9.17, 15) is 9.59 Å². The Labute approximate surface area is 233 Å². The summed E-state index contributed by atoms with van der Waals surface area (Å²) in [6.45, 7) is 2.33. The molecule has 1 aliphatic rings. The van der Waals surface area contributed by atoms with Gasteiger partial charge in [0.25, 0.3) is 5.91 Å². The Hall–Kier alpha value is -4.85. The van der Waals surface area contributed by atoms with Crippen LogP contribution in [0.1, 0.15) is 33.6 Å². The van der Waals surface area contributed by atoms with Crippen LogP contribution in [0.25, 0.3) is 0 Å². The maximum absolute atomic E-state index is 12.7. The molecule has 40 heavy (non-hydrogen) atoms. The summed E-state index contributed by atoms with van der Waals surface area (Å²) in [6.07, 6.45) is 3.63. The first-order chi connectivity index (χ1) is 19.6. The SMILES string of the molecule is COC(=O)c1cccc(OCC2CCN(c3ccc(NC(=O)c4ccc(Oc5ccccc5)cc4)cn3)CC2)c1. The number of methoxy groups -OCH3 is 1. The summed E-state index contributed by atoms with van der Waals surface area (Å²) in [5.41, 5.74) is 1.65. The second kappa shape index (κ2) is 12.8. The fraction of sp³-hybridized carbons (Fsp3) is 0.219. The van der Waals surface area contributed by atoms with Crippen LogP contribution in [0, 0.1) is 5.92 Å². The van der Waals surface area contributed by atoms with E-state index >= 15 is 0 Å². The Morgan fingerprint density at radius 2 is 1.57 bits per heavy atom. The number of nitrogens with zero attached hydrogens (tertiary/aromatic N) is 2. The molecule has 0 bridgehead atoms. The largest absolute Gasteiger partial charge is 0.493 e. The number of anilines is 2. The number of para-hydroxylation sites is 1. The number of aromatic nitrogens is 1. The lowest BCUT2D eigenvalue weighted by Crippen LogP contribution is -2.36. The summed E-state index contributed by atoms with van der Waals surface area (Å²) in [6, 6.07) is 27.4. The molecule has 1 fully saturated rings. The molecule has 204 valence electrons. The van der Waals surface area contributed by atoms with Gasteiger partial charge >= 0.3 is 5.97 Å². The zero-order valence-corrected chi connectivity index (χ0v) is 22.3. The van der Waals surface area contributed by atoms with Gasteiger partial charge in [-0.05, 0) is 85.5 Å². The summed E-state index contributed by atoms with van der Waals surface area (Å²) in [5, 5.41) is 2.91. The molecule has 1 aromatic heterocycles. The highest BCUT2D eigenvalue weighted by Crippen LogP contribution is 2.25. The summed E-state index contributed by atoms with van der Waals surface area (Å²) in [7, 11) is 1.37. The Morgan fingerprint density at radius 1 is 0.850 bits per heavy atom. The summed E-state index contributed by atoms with van der Waals surface area (Å²) in [4.78, 5) is 31.3. The Balaban J connectivity index is 1.08. The second-order valence-corrected chi connectivity index (χ2v) is 9.56. The van der Waals surface area contributed by atoms with Gasteiger partial charge in [0.1, 0.15) is 23.1 Å². The van der Waals surface area contributed by atoms with E-state index in [-0.39, 0.29) is 11.9 Å². The monoisotopic (exact) mass is 537 g/mol. The van der Waals surface area contributed by atoms with Crippen molar-refractivity contribution in [3.8, 4) is 17.2 Å². The summed E-state index contributed by atoms with van der Waals surface area (Å²) in [5.74, 6) is 2.79. The number of amides is 1. The minimum absolute atomic E-state index is 0.209. The van der Waals surface area contributed by atoms with Crippen LogP contribution in [0.5, 0.6) is 17.2 Å². The number of hydrogen-bond acceptors (Lipinski definition) is 7. The normalized spacial score (nSPS) is 13.4. The average molecular weight is 538 g/mol. The highest BCUT2D eigenvalue weighted by Gasteiger charge is 2.21. The van der Waals surface area contributed by atoms with Gasteiger partial charge in [-0.15, -0.1) is 0 Å². The number of nitrogens with one attached hydrogen (secondary N) is 1. The number of piperidine rings is 1. The van der Waals surface area contributed by atoms with Gasteiger partial charge < -0.3 is 24.4 Å². The van der Waals surface area contributed by atoms with Crippen molar-refractivity contribution < 1.29 is 23.8 Å². The van der Waals surface area contributed by atoms with Crippen molar-refractivity contribution in [2.75, 3.05) is 37.0 Å². The van der Waals surface area contributed by atoms with E-state index in [2.05, 4.69) is 15.2 Å². The van der Waals surface area contributed by atoms with Gasteiger partial charge in [0.15, 0.2) is 0 Å². The molecule has 4 aromatic rings. The minimum Gasteiger partial charge on any atom is -0.493 e. The fourth-order valence-corrected chi connectivity index (χ4v) is 4.52. The van der Waals surface area contributed by atoms with E-state index in [1.54, 1.807) is 48.7 Å². The highest BCUT2D eigenvalue weighted by molar-refractivity contribution is 6.04. The maximum Gasteiger partial charge on any atom is 0.337 e. The lowest BCUT2D eigenvalue weighted by atomic mass is 9.98. The molecular formula is C32H31N3O5. The van der Waals surface area contributed by atoms with Crippen LogP contribution in [0.4, 0.5) is 11.5 Å². The second-order valence-electron chi connectivity index (χ2n) is 9.56. The maximum atomic E-state index is 12.7. The van der Waals surface area contributed by atoms with Crippen molar-refractivity contribution in [1.29, 1.82) is 0 Å². The van der Waals surface area contributed by atoms with Crippen LogP contribution >= 0.6 is 0 Å². The van der Waals surface area contributed by atoms with Gasteiger partial charge in [-0.2, -0.15) is 0 Å². The molecule has 2 heterocycles. The Kier molecular flexibility index (Phi) is 8.56. The third kappa shape index (κ3) is 6.96. The third-order valence-corrected chi connectivity index (χ3v) is 6.78. The van der Waals surface area contributed by atoms with Gasteiger partial charge in [-0.1, -0.05) is 24.3 Å². The molecule has 1 saturated heterocycles. The minimum atomic E-state index is -0.375. The molecule has 3 aromatic carbocycles. The summed E-state index contributed by atoms with van der Waals surface area (Å²) >= 11 is 0. The van der Waals surface area contributed by atoms with Gasteiger partial charge in [0.05, 0.1) is 31.2 Å². The zero-order valence-electron chi connectivity index (χ0n) is 22.3. The highest BCUT2D eigenvalue weighted by atomic mass is 16.5. The van der Waals surface area contributed by atoms with Crippen molar-refractivity contribution in [3.05, 3.63) is 108 Å². The first-order valence-corrected chi connectivity index (χ1v) is 13.2. The van der Waals surface area contributed by atoms with Crippen LogP contribution in [-0.4, -0.2) is 43.7 Å². The average Bonchev–Trinajstić information content (AvgIpc) is 3.01. The smallest absolute Gasteiger partial charge is 0.337 e. The number of rotatable bonds is 9. The Bertz CT molecular complexity index is 1420. The molecule has 8 heteroatoms. The zero-order chi connectivity index (χ0) is 27.7. The number of carbonyl (C=O) groups is 2. The van der Waals surface area contributed by atoms with Gasteiger partial charge in [0, 0.05) is 18.7 Å². The van der Waals surface area contributed by atoms with Crippen molar-refractivity contribution in [3.63, 3.8) is 0 Å². The predicted octanol–water partition coefficient (Wildman–Crippen LogP) is 6.21. The van der Waals surface area contributed by atoms with Gasteiger partial charge in [-0.25, -0.2) is 9.78 Å². The van der Waals surface area contributed by atoms with Gasteiger partial charge in [0.2, 0.25) is 0 Å². The standard InChI is InChI=1S/C32H31N3O5/c1-38-32(37)25-6-5-9-29(20-25)39-22-23-16-18-35(19-17-23)30-15-12-26(21-33-30)34-31(36)24-10-13-28(14-11-24)40-27-7-3-2-4-8-27/h2-15,20-21,23H,16-19,22H2,1H3,(H,34,36). The molecule has 1 aliphatic heterocycles. The van der Waals surface area contributed by atoms with E-state index < -0.39 is 0 Å². The molecule has 1 amide bonds. The third-order valence-electron chi connectivity index (χ3n) is 6.78. The van der Waals surface area contributed by atoms with E-state index in [1.807, 2.05) is 48.5 Å². The number of esters is 1. The number of carbonyl (C=O) groups excluding carboxylic acids is 2. The molecular weight excluding hydrogens is 506 g/mol. The topological polar surface area (TPSA) is 90.0 Å². The van der Waals surface area contributed by atoms with Crippen molar-refractivity contribution in [1.82, 2.24) is 4.98 Å². The predicted molar refractivity (Wildman–Crippen MR) is 153 cm³/mol. The lowest BCUT2D eigenvalue weighted by molar-refractivity contribution is 0.0600. The summed E-state index contributed by atoms with van der Waals surface area (Å²) < 4.78 is 16.5. The molecule has 0 unspecified atom stereocenters. The molecule has 1 N–H and O–H groups in total. The van der Waals surface area contributed by atoms with Crippen LogP contribution in [0.2, 0.25) is 0 Å². The first kappa shape index (κ1) is 26.7. The molecule has 0 spiro atoms. The van der Waals surface area contributed by atoms with E-state index in [1.165, 1.54) is 7.11 Å². The van der Waals surface area contributed by atoms with E-state index in [0.717, 1.165) is 37.5 Å². The molecule has 0 atom stereocenters. The van der Waals surface area contributed by atoms with Crippen LogP contribution in [0.3, 0.4) is 0 Å². The molecule has 0 radical (unpaired) electrons. The molecule has 8 nitrogen and oxygen atoms in total. The molecule has 0 saturated carbocycles. The quantitative estimate of drug-likeness (QED) is 0.254. The van der Waals surface area contributed by atoms with Crippen molar-refractivity contribution in [2.24, 2.45) is 5.92 Å². The lowest BCUT2D eigenvalue weighted by Gasteiger charge is -2.32. The number of pyridine rings is 1. The van der Waals surface area contributed by atoms with Gasteiger partial charge in [-0.3, -0.25) is 4.79 Å². The van der Waals surface area contributed by atoms with Crippen molar-refractivity contribution in [2.45, 2.75) is 12.8 Å².